The lowest BCUT2D eigenvalue weighted by atomic mass is 10.7. The van der Waals surface area contributed by atoms with Gasteiger partial charge in [0.2, 0.25) is 10.0 Å². The topological polar surface area (TPSA) is 97.5 Å². The van der Waals surface area contributed by atoms with E-state index < -0.39 is 24.9 Å². The van der Waals surface area contributed by atoms with E-state index in [0.29, 0.717) is 0 Å². The van der Waals surface area contributed by atoms with E-state index in [9.17, 15) is 16.8 Å². The van der Waals surface area contributed by atoms with Crippen molar-refractivity contribution in [1.29, 1.82) is 0 Å². The molecule has 13 heavy (non-hydrogen) atoms. The molecule has 80 valence electrons. The van der Waals surface area contributed by atoms with Crippen LogP contribution in [-0.2, 0) is 19.9 Å². The summed E-state index contributed by atoms with van der Waals surface area (Å²) in [7, 11) is -5.93. The van der Waals surface area contributed by atoms with Gasteiger partial charge in [0.1, 0.15) is 0 Å². The summed E-state index contributed by atoms with van der Waals surface area (Å²) in [6.07, 6.45) is 0.876. The van der Waals surface area contributed by atoms with Crippen LogP contribution < -0.4 is 5.73 Å². The van der Waals surface area contributed by atoms with Crippen molar-refractivity contribution in [2.75, 3.05) is 31.5 Å². The molecule has 0 rings (SSSR count). The molecule has 0 unspecified atom stereocenters. The predicted molar refractivity (Wildman–Crippen MR) is 50.3 cm³/mol. The minimum atomic E-state index is -3.71. The summed E-state index contributed by atoms with van der Waals surface area (Å²) >= 11 is 0. The first-order valence-corrected chi connectivity index (χ1v) is 7.18. The van der Waals surface area contributed by atoms with Gasteiger partial charge in [-0.3, -0.25) is 0 Å². The molecule has 0 aromatic rings. The first kappa shape index (κ1) is 12.8. The third kappa shape index (κ3) is 5.19. The Balaban J connectivity index is 4.60. The lowest BCUT2D eigenvalue weighted by Gasteiger charge is -2.14. The Kier molecular flexibility index (Phi) is 4.30. The average molecular weight is 230 g/mol. The monoisotopic (exact) mass is 230 g/mol. The molecule has 0 aliphatic carbocycles. The van der Waals surface area contributed by atoms with Crippen LogP contribution in [0.1, 0.15) is 0 Å². The molecule has 0 aliphatic rings. The highest BCUT2D eigenvalue weighted by Gasteiger charge is 2.22. The van der Waals surface area contributed by atoms with Crippen LogP contribution in [0.4, 0.5) is 0 Å². The number of sulfonamides is 1. The van der Waals surface area contributed by atoms with E-state index >= 15 is 0 Å². The van der Waals surface area contributed by atoms with Gasteiger partial charge >= 0.3 is 0 Å². The van der Waals surface area contributed by atoms with Crippen molar-refractivity contribution in [1.82, 2.24) is 4.31 Å². The van der Waals surface area contributed by atoms with Gasteiger partial charge in [0.05, 0.1) is 0 Å². The third-order valence-electron chi connectivity index (χ3n) is 1.28. The molecule has 0 fully saturated rings. The summed E-state index contributed by atoms with van der Waals surface area (Å²) in [5, 5.41) is -0.865. The SMILES string of the molecule is CN(CCN)S(=O)(=O)CS(C)(=O)=O. The molecule has 0 spiro atoms. The van der Waals surface area contributed by atoms with E-state index in [1.54, 1.807) is 0 Å². The fourth-order valence-corrected chi connectivity index (χ4v) is 3.95. The fourth-order valence-electron chi connectivity index (χ4n) is 0.681. The Morgan fingerprint density at radius 2 is 1.69 bits per heavy atom. The molecule has 0 saturated carbocycles. The quantitative estimate of drug-likeness (QED) is 0.601. The highest BCUT2D eigenvalue weighted by atomic mass is 32.3. The van der Waals surface area contributed by atoms with E-state index in [1.807, 2.05) is 0 Å². The van der Waals surface area contributed by atoms with Gasteiger partial charge in [-0.15, -0.1) is 0 Å². The predicted octanol–water partition coefficient (Wildman–Crippen LogP) is -1.79. The summed E-state index contributed by atoms with van der Waals surface area (Å²) in [4.78, 5) is 0. The molecular weight excluding hydrogens is 216 g/mol. The summed E-state index contributed by atoms with van der Waals surface area (Å²) in [5.41, 5.74) is 5.13. The van der Waals surface area contributed by atoms with Crippen LogP contribution in [0.5, 0.6) is 0 Å². The molecule has 0 saturated heterocycles. The minimum Gasteiger partial charge on any atom is -0.329 e. The Bertz CT molecular complexity index is 345. The zero-order chi connectivity index (χ0) is 10.7. The molecular formula is C5H14N2O4S2. The van der Waals surface area contributed by atoms with Crippen molar-refractivity contribution in [3.8, 4) is 0 Å². The van der Waals surface area contributed by atoms with Gasteiger partial charge in [0, 0.05) is 26.4 Å². The van der Waals surface area contributed by atoms with Crippen molar-refractivity contribution < 1.29 is 16.8 Å². The van der Waals surface area contributed by atoms with Crippen molar-refractivity contribution in [2.45, 2.75) is 0 Å². The molecule has 2 N–H and O–H groups in total. The number of hydrogen-bond acceptors (Lipinski definition) is 5. The molecule has 0 radical (unpaired) electrons. The Labute approximate surface area is 78.7 Å². The Morgan fingerprint density at radius 3 is 2.00 bits per heavy atom. The second kappa shape index (κ2) is 4.36. The number of hydrogen-bond donors (Lipinski definition) is 1. The van der Waals surface area contributed by atoms with Crippen LogP contribution in [0.25, 0.3) is 0 Å². The highest BCUT2D eigenvalue weighted by Crippen LogP contribution is 2.00. The van der Waals surface area contributed by atoms with Crippen LogP contribution in [0.15, 0.2) is 0 Å². The minimum absolute atomic E-state index is 0.123. The van der Waals surface area contributed by atoms with Gasteiger partial charge in [-0.25, -0.2) is 21.1 Å². The largest absolute Gasteiger partial charge is 0.329 e. The summed E-state index contributed by atoms with van der Waals surface area (Å²) in [6.45, 7) is 0.289. The van der Waals surface area contributed by atoms with Crippen LogP contribution in [0, 0.1) is 0 Å². The van der Waals surface area contributed by atoms with Gasteiger partial charge in [-0.05, 0) is 0 Å². The maximum Gasteiger partial charge on any atom is 0.228 e. The van der Waals surface area contributed by atoms with E-state index in [4.69, 9.17) is 5.73 Å². The first-order chi connectivity index (χ1) is 5.69. The number of sulfone groups is 1. The molecule has 8 heteroatoms. The first-order valence-electron chi connectivity index (χ1n) is 3.51. The van der Waals surface area contributed by atoms with Gasteiger partial charge in [0.25, 0.3) is 0 Å². The lowest BCUT2D eigenvalue weighted by molar-refractivity contribution is 0.480. The van der Waals surface area contributed by atoms with Crippen LogP contribution in [0.2, 0.25) is 0 Å². The maximum absolute atomic E-state index is 11.2. The molecule has 0 atom stereocenters. The molecule has 0 aromatic heterocycles. The van der Waals surface area contributed by atoms with Crippen LogP contribution in [0.3, 0.4) is 0 Å². The highest BCUT2D eigenvalue weighted by molar-refractivity contribution is 8.06. The van der Waals surface area contributed by atoms with E-state index in [0.717, 1.165) is 10.6 Å². The zero-order valence-corrected chi connectivity index (χ0v) is 9.23. The van der Waals surface area contributed by atoms with Crippen LogP contribution in [-0.4, -0.2) is 52.6 Å². The van der Waals surface area contributed by atoms with Crippen molar-refractivity contribution >= 4 is 19.9 Å². The number of nitrogens with two attached hydrogens (primary N) is 1. The average Bonchev–Trinajstić information content (AvgIpc) is 1.82. The Morgan fingerprint density at radius 1 is 1.23 bits per heavy atom. The van der Waals surface area contributed by atoms with Crippen molar-refractivity contribution in [3.63, 3.8) is 0 Å². The van der Waals surface area contributed by atoms with E-state index in [2.05, 4.69) is 0 Å². The standard InChI is InChI=1S/C5H14N2O4S2/c1-7(4-3-6)13(10,11)5-12(2,8)9/h3-6H2,1-2H3. The summed E-state index contributed by atoms with van der Waals surface area (Å²) in [5.74, 6) is 0. The lowest BCUT2D eigenvalue weighted by Crippen LogP contribution is -2.35. The summed E-state index contributed by atoms with van der Waals surface area (Å²) in [6, 6.07) is 0. The number of likely N-dealkylation sites (N-methyl/N-ethyl adjacent to an activating group) is 1. The van der Waals surface area contributed by atoms with E-state index in [1.165, 1.54) is 7.05 Å². The molecule has 0 aromatic carbocycles. The number of nitrogens with zero attached hydrogens (tertiary/aromatic N) is 1. The molecule has 6 nitrogen and oxygen atoms in total. The molecule has 0 amide bonds. The van der Waals surface area contributed by atoms with Gasteiger partial charge in [-0.2, -0.15) is 0 Å². The van der Waals surface area contributed by atoms with E-state index in [-0.39, 0.29) is 13.1 Å². The fraction of sp³-hybridized carbons (Fsp3) is 1.00. The van der Waals surface area contributed by atoms with Gasteiger partial charge in [-0.1, -0.05) is 0 Å². The molecule has 0 aliphatic heterocycles. The van der Waals surface area contributed by atoms with Gasteiger partial charge in [0.15, 0.2) is 14.9 Å². The molecule has 0 heterocycles. The van der Waals surface area contributed by atoms with Crippen molar-refractivity contribution in [2.24, 2.45) is 5.73 Å². The van der Waals surface area contributed by atoms with Gasteiger partial charge < -0.3 is 5.73 Å². The second-order valence-electron chi connectivity index (χ2n) is 2.77. The normalized spacial score (nSPS) is 13.5. The second-order valence-corrected chi connectivity index (χ2v) is 7.35. The maximum atomic E-state index is 11.2. The van der Waals surface area contributed by atoms with Crippen molar-refractivity contribution in [3.05, 3.63) is 0 Å². The zero-order valence-electron chi connectivity index (χ0n) is 7.60. The smallest absolute Gasteiger partial charge is 0.228 e. The Hall–Kier alpha value is -0.180. The molecule has 0 bridgehead atoms. The van der Waals surface area contributed by atoms with Crippen LogP contribution >= 0.6 is 0 Å². The third-order valence-corrected chi connectivity index (χ3v) is 5.32. The summed E-state index contributed by atoms with van der Waals surface area (Å²) < 4.78 is 44.8. The number of rotatable bonds is 5.